The maximum atomic E-state index is 14.0. The first-order valence-corrected chi connectivity index (χ1v) is 10.0. The van der Waals surface area contributed by atoms with Crippen LogP contribution in [-0.4, -0.2) is 21.5 Å². The average molecular weight is 424 g/mol. The molecule has 162 valence electrons. The third-order valence-corrected chi connectivity index (χ3v) is 5.19. The second kappa shape index (κ2) is 9.53. The maximum Gasteiger partial charge on any atom is 0.332 e. The lowest BCUT2D eigenvalue weighted by molar-refractivity contribution is 0.0985. The average Bonchev–Trinajstić information content (AvgIpc) is 2.76. The molecule has 0 saturated heterocycles. The molecular formula is C23H25FN4O3. The number of nitrogens with one attached hydrogen (secondary N) is 1. The van der Waals surface area contributed by atoms with E-state index in [1.807, 2.05) is 30.3 Å². The summed E-state index contributed by atoms with van der Waals surface area (Å²) in [6.45, 7) is 3.37. The molecule has 8 heteroatoms. The summed E-state index contributed by atoms with van der Waals surface area (Å²) in [4.78, 5) is 38.5. The van der Waals surface area contributed by atoms with Crippen LogP contribution in [0.4, 0.5) is 10.2 Å². The molecular weight excluding hydrogens is 399 g/mol. The summed E-state index contributed by atoms with van der Waals surface area (Å²) >= 11 is 0. The molecule has 3 rings (SSSR count). The van der Waals surface area contributed by atoms with E-state index in [2.05, 4.69) is 5.32 Å². The number of anilines is 1. The number of hydrogen-bond acceptors (Lipinski definition) is 5. The van der Waals surface area contributed by atoms with Crippen LogP contribution in [-0.2, 0) is 13.1 Å². The van der Waals surface area contributed by atoms with Gasteiger partial charge in [-0.25, -0.2) is 9.18 Å². The number of nitrogen functional groups attached to an aromatic ring is 1. The van der Waals surface area contributed by atoms with E-state index in [9.17, 15) is 18.8 Å². The monoisotopic (exact) mass is 424 g/mol. The van der Waals surface area contributed by atoms with E-state index in [-0.39, 0.29) is 36.8 Å². The third-order valence-electron chi connectivity index (χ3n) is 5.19. The second-order valence-corrected chi connectivity index (χ2v) is 7.21. The van der Waals surface area contributed by atoms with E-state index in [1.54, 1.807) is 32.0 Å². The van der Waals surface area contributed by atoms with Crippen molar-refractivity contribution in [2.24, 2.45) is 0 Å². The number of nitrogens with zero attached hydrogens (tertiary/aromatic N) is 2. The Morgan fingerprint density at radius 3 is 2.35 bits per heavy atom. The Bertz CT molecular complexity index is 1200. The van der Waals surface area contributed by atoms with Crippen LogP contribution in [0.5, 0.6) is 0 Å². The summed E-state index contributed by atoms with van der Waals surface area (Å²) in [5, 5.41) is 2.93. The van der Waals surface area contributed by atoms with Gasteiger partial charge in [-0.05, 0) is 25.5 Å². The van der Waals surface area contributed by atoms with Crippen molar-refractivity contribution in [3.05, 3.63) is 97.9 Å². The zero-order chi connectivity index (χ0) is 22.5. The third kappa shape index (κ3) is 4.64. The van der Waals surface area contributed by atoms with Gasteiger partial charge in [-0.15, -0.1) is 0 Å². The molecule has 3 aromatic rings. The van der Waals surface area contributed by atoms with E-state index < -0.39 is 23.1 Å². The molecule has 0 aliphatic heterocycles. The van der Waals surface area contributed by atoms with Crippen LogP contribution in [0.2, 0.25) is 0 Å². The minimum Gasteiger partial charge on any atom is -0.384 e. The highest BCUT2D eigenvalue weighted by molar-refractivity contribution is 6.01. The number of benzene rings is 2. The quantitative estimate of drug-likeness (QED) is 0.541. The lowest BCUT2D eigenvalue weighted by Crippen LogP contribution is -2.45. The zero-order valence-electron chi connectivity index (χ0n) is 17.5. The lowest BCUT2D eigenvalue weighted by Gasteiger charge is -2.17. The van der Waals surface area contributed by atoms with Crippen LogP contribution in [0.3, 0.4) is 0 Å². The van der Waals surface area contributed by atoms with Crippen molar-refractivity contribution < 1.29 is 9.18 Å². The fraction of sp³-hybridized carbons (Fsp3) is 0.261. The SMILES string of the molecule is CCn1c(=O)c(C(=O)CNC(C)c2ccccc2F)c(N)n(Cc2ccccc2)c1=O. The molecule has 3 N–H and O–H groups in total. The topological polar surface area (TPSA) is 99.1 Å². The molecule has 2 aromatic carbocycles. The normalized spacial score (nSPS) is 12.0. The summed E-state index contributed by atoms with van der Waals surface area (Å²) in [7, 11) is 0. The Balaban J connectivity index is 1.93. The Morgan fingerprint density at radius 1 is 1.06 bits per heavy atom. The van der Waals surface area contributed by atoms with Gasteiger partial charge in [0.1, 0.15) is 17.2 Å². The van der Waals surface area contributed by atoms with Gasteiger partial charge in [0.05, 0.1) is 13.1 Å². The molecule has 0 spiro atoms. The van der Waals surface area contributed by atoms with Gasteiger partial charge in [-0.2, -0.15) is 0 Å². The number of aromatic nitrogens is 2. The number of hydrogen-bond donors (Lipinski definition) is 2. The van der Waals surface area contributed by atoms with E-state index in [1.165, 1.54) is 10.6 Å². The number of Topliss-reactive ketones (excluding diaryl/α,β-unsaturated/α-hetero) is 1. The molecule has 0 fully saturated rings. The van der Waals surface area contributed by atoms with Crippen LogP contribution in [0.15, 0.2) is 64.2 Å². The number of rotatable bonds is 8. The molecule has 0 bridgehead atoms. The highest BCUT2D eigenvalue weighted by atomic mass is 19.1. The number of carbonyl (C=O) groups excluding carboxylic acids is 1. The predicted molar refractivity (Wildman–Crippen MR) is 118 cm³/mol. The smallest absolute Gasteiger partial charge is 0.332 e. The van der Waals surface area contributed by atoms with E-state index in [0.717, 1.165) is 10.1 Å². The Kier molecular flexibility index (Phi) is 6.81. The summed E-state index contributed by atoms with van der Waals surface area (Å²) < 4.78 is 16.2. The van der Waals surface area contributed by atoms with Gasteiger partial charge in [0.2, 0.25) is 0 Å². The first-order chi connectivity index (χ1) is 14.8. The molecule has 31 heavy (non-hydrogen) atoms. The van der Waals surface area contributed by atoms with E-state index in [4.69, 9.17) is 5.73 Å². The highest BCUT2D eigenvalue weighted by Crippen LogP contribution is 2.16. The Labute approximate surface area is 178 Å². The van der Waals surface area contributed by atoms with Gasteiger partial charge in [-0.3, -0.25) is 18.7 Å². The zero-order valence-corrected chi connectivity index (χ0v) is 17.5. The molecule has 0 aliphatic carbocycles. The van der Waals surface area contributed by atoms with Crippen molar-refractivity contribution in [3.8, 4) is 0 Å². The van der Waals surface area contributed by atoms with Gasteiger partial charge in [0.25, 0.3) is 5.56 Å². The summed E-state index contributed by atoms with van der Waals surface area (Å²) in [6, 6.07) is 14.9. The number of nitrogens with two attached hydrogens (primary N) is 1. The molecule has 1 atom stereocenters. The standard InChI is InChI=1S/C23H25FN4O3/c1-3-27-22(30)20(19(29)13-26-15(2)17-11-7-8-12-18(17)24)21(25)28(23(27)31)14-16-9-5-4-6-10-16/h4-12,15,26H,3,13-14,25H2,1-2H3. The fourth-order valence-electron chi connectivity index (χ4n) is 3.45. The van der Waals surface area contributed by atoms with Crippen LogP contribution < -0.4 is 22.3 Å². The first kappa shape index (κ1) is 22.2. The van der Waals surface area contributed by atoms with Crippen molar-refractivity contribution >= 4 is 11.6 Å². The molecule has 1 heterocycles. The molecule has 0 amide bonds. The summed E-state index contributed by atoms with van der Waals surface area (Å²) in [6.07, 6.45) is 0. The molecule has 1 aromatic heterocycles. The lowest BCUT2D eigenvalue weighted by atomic mass is 10.1. The van der Waals surface area contributed by atoms with Crippen molar-refractivity contribution in [2.75, 3.05) is 12.3 Å². The Morgan fingerprint density at radius 2 is 1.71 bits per heavy atom. The van der Waals surface area contributed by atoms with Crippen molar-refractivity contribution in [3.63, 3.8) is 0 Å². The minimum atomic E-state index is -0.723. The minimum absolute atomic E-state index is 0.103. The second-order valence-electron chi connectivity index (χ2n) is 7.21. The summed E-state index contributed by atoms with van der Waals surface area (Å²) in [5.74, 6) is -1.12. The van der Waals surface area contributed by atoms with Gasteiger partial charge in [-0.1, -0.05) is 48.5 Å². The number of ketones is 1. The van der Waals surface area contributed by atoms with Crippen LogP contribution in [0.1, 0.15) is 41.4 Å². The fourth-order valence-corrected chi connectivity index (χ4v) is 3.45. The van der Waals surface area contributed by atoms with Crippen molar-refractivity contribution in [1.82, 2.24) is 14.5 Å². The number of carbonyl (C=O) groups is 1. The van der Waals surface area contributed by atoms with Gasteiger partial charge in [0.15, 0.2) is 5.78 Å². The summed E-state index contributed by atoms with van der Waals surface area (Å²) in [5.41, 5.74) is 5.81. The molecule has 7 nitrogen and oxygen atoms in total. The van der Waals surface area contributed by atoms with E-state index >= 15 is 0 Å². The van der Waals surface area contributed by atoms with Gasteiger partial charge < -0.3 is 11.1 Å². The predicted octanol–water partition coefficient (Wildman–Crippen LogP) is 2.33. The van der Waals surface area contributed by atoms with Crippen LogP contribution >= 0.6 is 0 Å². The van der Waals surface area contributed by atoms with Gasteiger partial charge >= 0.3 is 5.69 Å². The molecule has 0 saturated carbocycles. The highest BCUT2D eigenvalue weighted by Gasteiger charge is 2.23. The molecule has 0 radical (unpaired) electrons. The van der Waals surface area contributed by atoms with Gasteiger partial charge in [0, 0.05) is 18.2 Å². The van der Waals surface area contributed by atoms with Crippen LogP contribution in [0, 0.1) is 5.82 Å². The first-order valence-electron chi connectivity index (χ1n) is 10.0. The largest absolute Gasteiger partial charge is 0.384 e. The Hall–Kier alpha value is -3.52. The molecule has 1 unspecified atom stereocenters. The molecule has 0 aliphatic rings. The van der Waals surface area contributed by atoms with Crippen molar-refractivity contribution in [2.45, 2.75) is 33.0 Å². The van der Waals surface area contributed by atoms with E-state index in [0.29, 0.717) is 5.56 Å². The van der Waals surface area contributed by atoms with Crippen molar-refractivity contribution in [1.29, 1.82) is 0 Å². The maximum absolute atomic E-state index is 14.0. The van der Waals surface area contributed by atoms with Crippen LogP contribution in [0.25, 0.3) is 0 Å². The number of halogens is 1.